The van der Waals surface area contributed by atoms with Crippen LogP contribution in [0.25, 0.3) is 68.1 Å². The molecule has 0 N–H and O–H groups in total. The minimum Gasteiger partial charge on any atom is -0.228 e. The summed E-state index contributed by atoms with van der Waals surface area (Å²) in [6.45, 7) is 13.1. The zero-order valence-corrected chi connectivity index (χ0v) is 29.8. The molecule has 51 heavy (non-hydrogen) atoms. The third-order valence-electron chi connectivity index (χ3n) is 8.98. The van der Waals surface area contributed by atoms with Crippen molar-refractivity contribution < 1.29 is 4.39 Å². The van der Waals surface area contributed by atoms with Gasteiger partial charge in [0.25, 0.3) is 0 Å². The number of aromatic nitrogens is 5. The van der Waals surface area contributed by atoms with Crippen molar-refractivity contribution in [3.8, 4) is 68.1 Å². The number of rotatable bonds is 6. The first-order valence-corrected chi connectivity index (χ1v) is 17.2. The van der Waals surface area contributed by atoms with Gasteiger partial charge < -0.3 is 0 Å². The van der Waals surface area contributed by atoms with Crippen LogP contribution in [0.2, 0.25) is 0 Å². The van der Waals surface area contributed by atoms with E-state index in [1.165, 1.54) is 17.2 Å². The summed E-state index contributed by atoms with van der Waals surface area (Å²) in [5.41, 5.74) is 8.38. The Morgan fingerprint density at radius 1 is 0.373 bits per heavy atom. The Bertz CT molecular complexity index is 2170. The number of benzene rings is 5. The highest BCUT2D eigenvalue weighted by molar-refractivity contribution is 5.75. The summed E-state index contributed by atoms with van der Waals surface area (Å²) in [5, 5.41) is 0. The van der Waals surface area contributed by atoms with Gasteiger partial charge in [0.15, 0.2) is 23.3 Å². The van der Waals surface area contributed by atoms with E-state index in [4.69, 9.17) is 24.9 Å². The fourth-order valence-corrected chi connectivity index (χ4v) is 5.92. The highest BCUT2D eigenvalue weighted by Crippen LogP contribution is 2.33. The van der Waals surface area contributed by atoms with E-state index in [0.29, 0.717) is 23.0 Å². The van der Waals surface area contributed by atoms with Gasteiger partial charge in [0, 0.05) is 27.8 Å². The van der Waals surface area contributed by atoms with Gasteiger partial charge in [0.05, 0.1) is 17.0 Å². The molecule has 0 atom stereocenters. The van der Waals surface area contributed by atoms with Crippen LogP contribution in [0.5, 0.6) is 0 Å². The highest BCUT2D eigenvalue weighted by atomic mass is 19.1. The van der Waals surface area contributed by atoms with Gasteiger partial charge >= 0.3 is 0 Å². The predicted molar refractivity (Wildman–Crippen MR) is 205 cm³/mol. The summed E-state index contributed by atoms with van der Waals surface area (Å²) < 4.78 is 16.0. The Morgan fingerprint density at radius 3 is 1.20 bits per heavy atom. The lowest BCUT2D eigenvalue weighted by atomic mass is 9.86. The maximum atomic E-state index is 16.0. The molecule has 5 aromatic carbocycles. The molecule has 252 valence electrons. The molecule has 5 nitrogen and oxygen atoms in total. The molecule has 0 bridgehead atoms. The standard InChI is InChI=1S/C45H40FN5/c1-44(2,3)34-22-17-31(18-23-34)40-49-41(32-19-24-35(25-20-32)45(4,5)6)51-43(50-40)36-27-33(21-26-37(36)46)42-47-38(29-13-9-7-10-14-29)28-39(48-42)30-15-11-8-12-16-30/h7-28H,1-6H3. The van der Waals surface area contributed by atoms with Crippen molar-refractivity contribution in [2.45, 2.75) is 52.4 Å². The highest BCUT2D eigenvalue weighted by Gasteiger charge is 2.20. The molecule has 0 aliphatic heterocycles. The van der Waals surface area contributed by atoms with Crippen molar-refractivity contribution in [2.24, 2.45) is 0 Å². The SMILES string of the molecule is CC(C)(C)c1ccc(-c2nc(-c3ccc(C(C)(C)C)cc3)nc(-c3cc(-c4nc(-c5ccccc5)cc(-c5ccccc5)n4)ccc3F)n2)cc1. The van der Waals surface area contributed by atoms with E-state index in [1.807, 2.05) is 91.0 Å². The second-order valence-corrected chi connectivity index (χ2v) is 14.8. The second kappa shape index (κ2) is 13.4. The smallest absolute Gasteiger partial charge is 0.167 e. The van der Waals surface area contributed by atoms with Crippen LogP contribution in [0.15, 0.2) is 133 Å². The Kier molecular flexibility index (Phi) is 8.86. The Hall–Kier alpha value is -5.88. The van der Waals surface area contributed by atoms with Crippen LogP contribution in [0, 0.1) is 5.82 Å². The molecule has 7 aromatic rings. The number of halogens is 1. The van der Waals surface area contributed by atoms with Crippen LogP contribution in [0.1, 0.15) is 52.7 Å². The fourth-order valence-electron chi connectivity index (χ4n) is 5.92. The van der Waals surface area contributed by atoms with Gasteiger partial charge in [0.1, 0.15) is 5.82 Å². The number of hydrogen-bond donors (Lipinski definition) is 0. The van der Waals surface area contributed by atoms with E-state index in [9.17, 15) is 0 Å². The van der Waals surface area contributed by atoms with Crippen molar-refractivity contribution in [1.82, 2.24) is 24.9 Å². The first-order chi connectivity index (χ1) is 24.4. The zero-order valence-electron chi connectivity index (χ0n) is 29.8. The van der Waals surface area contributed by atoms with Gasteiger partial charge in [0.2, 0.25) is 0 Å². The molecular formula is C45H40FN5. The van der Waals surface area contributed by atoms with Crippen LogP contribution >= 0.6 is 0 Å². The summed E-state index contributed by atoms with van der Waals surface area (Å²) in [4.78, 5) is 24.6. The summed E-state index contributed by atoms with van der Waals surface area (Å²) in [6, 6.07) is 43.3. The minimum absolute atomic E-state index is 0.00736. The number of hydrogen-bond acceptors (Lipinski definition) is 5. The van der Waals surface area contributed by atoms with Gasteiger partial charge in [-0.1, -0.05) is 151 Å². The van der Waals surface area contributed by atoms with Gasteiger partial charge in [-0.2, -0.15) is 0 Å². The van der Waals surface area contributed by atoms with E-state index in [0.717, 1.165) is 33.6 Å². The molecule has 0 amide bonds. The van der Waals surface area contributed by atoms with Crippen LogP contribution < -0.4 is 0 Å². The second-order valence-electron chi connectivity index (χ2n) is 14.8. The fraction of sp³-hybridized carbons (Fsp3) is 0.178. The lowest BCUT2D eigenvalue weighted by Crippen LogP contribution is -2.11. The molecule has 0 aliphatic rings. The van der Waals surface area contributed by atoms with E-state index in [1.54, 1.807) is 12.1 Å². The molecule has 0 radical (unpaired) electrons. The third kappa shape index (κ3) is 7.36. The molecule has 0 aliphatic carbocycles. The molecule has 6 heteroatoms. The van der Waals surface area contributed by atoms with Crippen molar-refractivity contribution in [3.63, 3.8) is 0 Å². The van der Waals surface area contributed by atoms with Crippen molar-refractivity contribution in [3.05, 3.63) is 150 Å². The summed E-state index contributed by atoms with van der Waals surface area (Å²) in [5.74, 6) is 1.19. The molecule has 2 aromatic heterocycles. The van der Waals surface area contributed by atoms with E-state index in [2.05, 4.69) is 65.8 Å². The Balaban J connectivity index is 1.38. The molecular weight excluding hydrogens is 630 g/mol. The normalized spacial score (nSPS) is 11.8. The maximum absolute atomic E-state index is 16.0. The van der Waals surface area contributed by atoms with Gasteiger partial charge in [-0.25, -0.2) is 29.3 Å². The van der Waals surface area contributed by atoms with E-state index < -0.39 is 5.82 Å². The monoisotopic (exact) mass is 669 g/mol. The van der Waals surface area contributed by atoms with Gasteiger partial charge in [-0.3, -0.25) is 0 Å². The molecule has 0 saturated heterocycles. The summed E-state index contributed by atoms with van der Waals surface area (Å²) >= 11 is 0. The van der Waals surface area contributed by atoms with Crippen LogP contribution in [-0.2, 0) is 10.8 Å². The molecule has 7 rings (SSSR count). The van der Waals surface area contributed by atoms with Crippen LogP contribution in [0.4, 0.5) is 4.39 Å². The maximum Gasteiger partial charge on any atom is 0.167 e. The average Bonchev–Trinajstić information content (AvgIpc) is 3.15. The molecule has 0 spiro atoms. The molecule has 0 fully saturated rings. The van der Waals surface area contributed by atoms with Gasteiger partial charge in [-0.05, 0) is 46.2 Å². The Morgan fingerprint density at radius 2 is 0.765 bits per heavy atom. The quantitative estimate of drug-likeness (QED) is 0.176. The topological polar surface area (TPSA) is 64.5 Å². The zero-order chi connectivity index (χ0) is 35.8. The lowest BCUT2D eigenvalue weighted by molar-refractivity contribution is 0.590. The summed E-state index contributed by atoms with van der Waals surface area (Å²) in [6.07, 6.45) is 0. The van der Waals surface area contributed by atoms with Crippen LogP contribution in [0.3, 0.4) is 0 Å². The van der Waals surface area contributed by atoms with Crippen molar-refractivity contribution >= 4 is 0 Å². The average molecular weight is 670 g/mol. The largest absolute Gasteiger partial charge is 0.228 e. The van der Waals surface area contributed by atoms with E-state index in [-0.39, 0.29) is 22.2 Å². The van der Waals surface area contributed by atoms with Gasteiger partial charge in [-0.15, -0.1) is 0 Å². The predicted octanol–water partition coefficient (Wildman–Crippen LogP) is 11.4. The third-order valence-corrected chi connectivity index (χ3v) is 8.98. The summed E-state index contributed by atoms with van der Waals surface area (Å²) in [7, 11) is 0. The first-order valence-electron chi connectivity index (χ1n) is 17.2. The lowest BCUT2D eigenvalue weighted by Gasteiger charge is -2.19. The Labute approximate surface area is 299 Å². The minimum atomic E-state index is -0.449. The molecule has 0 saturated carbocycles. The van der Waals surface area contributed by atoms with Crippen molar-refractivity contribution in [2.75, 3.05) is 0 Å². The number of nitrogens with zero attached hydrogens (tertiary/aromatic N) is 5. The molecule has 0 unspecified atom stereocenters. The van der Waals surface area contributed by atoms with Crippen LogP contribution in [-0.4, -0.2) is 24.9 Å². The van der Waals surface area contributed by atoms with E-state index >= 15 is 4.39 Å². The first kappa shape index (κ1) is 33.6. The van der Waals surface area contributed by atoms with Crippen molar-refractivity contribution in [1.29, 1.82) is 0 Å². The molecule has 2 heterocycles.